The molecule has 53 heavy (non-hydrogen) atoms. The highest BCUT2D eigenvalue weighted by Crippen LogP contribution is 2.31. The number of nitrogens with one attached hydrogen (secondary N) is 2. The highest BCUT2D eigenvalue weighted by atomic mass is 32.2. The fraction of sp³-hybridized carbons (Fsp3) is 0.186. The number of carbonyl (C=O) groups is 2. The number of aliphatic hydroxyl groups excluding tert-OH is 1. The Kier molecular flexibility index (Phi) is 11.5. The molecular formula is C43H38FN3O4S2. The van der Waals surface area contributed by atoms with Crippen LogP contribution in [0.25, 0.3) is 17.2 Å². The number of halogens is 1. The topological polar surface area (TPSA) is 90.9 Å². The Morgan fingerprint density at radius 1 is 0.962 bits per heavy atom. The smallest absolute Gasteiger partial charge is 0.263 e. The number of nitrogens with zero attached hydrogens (tertiary/aromatic N) is 1. The number of benzene rings is 5. The van der Waals surface area contributed by atoms with Gasteiger partial charge in [0.1, 0.15) is 16.2 Å². The van der Waals surface area contributed by atoms with E-state index >= 15 is 0 Å². The van der Waals surface area contributed by atoms with Gasteiger partial charge in [0.05, 0.1) is 17.6 Å². The van der Waals surface area contributed by atoms with Gasteiger partial charge in [0.15, 0.2) is 0 Å². The van der Waals surface area contributed by atoms with Crippen LogP contribution in [0.2, 0.25) is 0 Å². The molecular weight excluding hydrogens is 706 g/mol. The van der Waals surface area contributed by atoms with Crippen molar-refractivity contribution in [3.05, 3.63) is 171 Å². The maximum Gasteiger partial charge on any atom is 0.263 e. The largest absolute Gasteiger partial charge is 0.384 e. The van der Waals surface area contributed by atoms with E-state index in [4.69, 9.17) is 17.0 Å². The van der Waals surface area contributed by atoms with Gasteiger partial charge in [-0.25, -0.2) is 4.39 Å². The number of hydrogen-bond donors (Lipinski definition) is 3. The molecule has 2 amide bonds. The molecule has 268 valence electrons. The first-order chi connectivity index (χ1) is 25.8. The molecule has 0 spiro atoms. The van der Waals surface area contributed by atoms with Crippen LogP contribution in [-0.4, -0.2) is 51.4 Å². The van der Waals surface area contributed by atoms with Crippen molar-refractivity contribution in [1.29, 1.82) is 0 Å². The molecule has 2 aliphatic rings. The fourth-order valence-electron chi connectivity index (χ4n) is 6.79. The van der Waals surface area contributed by atoms with Crippen LogP contribution in [0.15, 0.2) is 132 Å². The quantitative estimate of drug-likeness (QED) is 0.0894. The highest BCUT2D eigenvalue weighted by Gasteiger charge is 2.37. The SMILES string of the molecule is O=C1NC(=S)SC1=Cc1ccc(CNC[C@@H]2C[C@@H](OCc3ccccc3-c3ccccc3)CN2C(=O)c2ccccc2C(O)c2ccc(F)cc2)cc1. The van der Waals surface area contributed by atoms with Crippen molar-refractivity contribution in [1.82, 2.24) is 15.5 Å². The van der Waals surface area contributed by atoms with Crippen molar-refractivity contribution in [3.8, 4) is 11.1 Å². The summed E-state index contributed by atoms with van der Waals surface area (Å²) in [5.41, 5.74) is 6.60. The van der Waals surface area contributed by atoms with E-state index in [2.05, 4.69) is 34.9 Å². The molecule has 1 unspecified atom stereocenters. The van der Waals surface area contributed by atoms with Crippen molar-refractivity contribution >= 4 is 46.2 Å². The molecule has 5 aromatic carbocycles. The Balaban J connectivity index is 1.07. The van der Waals surface area contributed by atoms with Gasteiger partial charge in [-0.05, 0) is 69.6 Å². The number of thiocarbonyl (C=S) groups is 1. The van der Waals surface area contributed by atoms with Crippen molar-refractivity contribution in [2.75, 3.05) is 13.1 Å². The van der Waals surface area contributed by atoms with Crippen LogP contribution >= 0.6 is 24.0 Å². The van der Waals surface area contributed by atoms with Crippen molar-refractivity contribution in [3.63, 3.8) is 0 Å². The van der Waals surface area contributed by atoms with Gasteiger partial charge in [-0.2, -0.15) is 0 Å². The van der Waals surface area contributed by atoms with Gasteiger partial charge in [0.25, 0.3) is 11.8 Å². The summed E-state index contributed by atoms with van der Waals surface area (Å²) in [4.78, 5) is 28.9. The summed E-state index contributed by atoms with van der Waals surface area (Å²) < 4.78 is 20.7. The number of likely N-dealkylation sites (tertiary alicyclic amines) is 1. The normalized spacial score (nSPS) is 18.4. The average molecular weight is 744 g/mol. The molecule has 2 saturated heterocycles. The number of rotatable bonds is 12. The second kappa shape index (κ2) is 16.8. The van der Waals surface area contributed by atoms with E-state index in [1.807, 2.05) is 65.6 Å². The molecule has 10 heteroatoms. The van der Waals surface area contributed by atoms with E-state index in [0.717, 1.165) is 27.8 Å². The number of thioether (sulfide) groups is 1. The standard InChI is InChI=1S/C43H38FN3O4S2/c44-33-20-18-31(19-21-33)40(48)37-12-6-7-13-38(37)42(50)47-26-35(51-27-32-10-4-5-11-36(32)30-8-2-1-3-9-30)23-34(47)25-45-24-29-16-14-28(15-17-29)22-39-41(49)46-43(52)53-39/h1-22,34-35,40,45,48H,23-27H2,(H,46,49,52)/t34-,35+,40?/m0/s1. The third-order valence-electron chi connectivity index (χ3n) is 9.51. The molecule has 2 aliphatic heterocycles. The summed E-state index contributed by atoms with van der Waals surface area (Å²) in [7, 11) is 0. The van der Waals surface area contributed by atoms with Gasteiger partial charge in [-0.1, -0.05) is 133 Å². The van der Waals surface area contributed by atoms with Crippen LogP contribution < -0.4 is 10.6 Å². The first kappa shape index (κ1) is 36.4. The second-order valence-electron chi connectivity index (χ2n) is 13.1. The predicted molar refractivity (Wildman–Crippen MR) is 211 cm³/mol. The van der Waals surface area contributed by atoms with Crippen LogP contribution in [0.5, 0.6) is 0 Å². The van der Waals surface area contributed by atoms with Crippen LogP contribution in [0, 0.1) is 5.82 Å². The Labute approximate surface area is 317 Å². The lowest BCUT2D eigenvalue weighted by atomic mass is 9.96. The Morgan fingerprint density at radius 3 is 2.43 bits per heavy atom. The van der Waals surface area contributed by atoms with Crippen molar-refractivity contribution < 1.29 is 23.8 Å². The van der Waals surface area contributed by atoms with Gasteiger partial charge in [0.2, 0.25) is 0 Å². The summed E-state index contributed by atoms with van der Waals surface area (Å²) in [6.07, 6.45) is 1.13. The van der Waals surface area contributed by atoms with Gasteiger partial charge in [-0.15, -0.1) is 0 Å². The zero-order chi connectivity index (χ0) is 36.7. The molecule has 2 fully saturated rings. The van der Waals surface area contributed by atoms with E-state index in [9.17, 15) is 19.1 Å². The molecule has 0 aliphatic carbocycles. The summed E-state index contributed by atoms with van der Waals surface area (Å²) in [5.74, 6) is -0.780. The third kappa shape index (κ3) is 8.81. The number of ether oxygens (including phenoxy) is 1. The average Bonchev–Trinajstić information content (AvgIpc) is 3.75. The van der Waals surface area contributed by atoms with E-state index in [-0.39, 0.29) is 24.0 Å². The number of carbonyl (C=O) groups excluding carboxylic acids is 2. The van der Waals surface area contributed by atoms with Crippen LogP contribution in [0.3, 0.4) is 0 Å². The van der Waals surface area contributed by atoms with Crippen LogP contribution in [0.1, 0.15) is 50.7 Å². The lowest BCUT2D eigenvalue weighted by Gasteiger charge is -2.26. The maximum atomic E-state index is 14.4. The lowest BCUT2D eigenvalue weighted by Crippen LogP contribution is -2.42. The molecule has 5 aromatic rings. The number of amides is 2. The number of aliphatic hydroxyl groups is 1. The fourth-order valence-corrected chi connectivity index (χ4v) is 7.83. The van der Waals surface area contributed by atoms with Crippen LogP contribution in [0.4, 0.5) is 4.39 Å². The van der Waals surface area contributed by atoms with Crippen LogP contribution in [-0.2, 0) is 22.7 Å². The summed E-state index contributed by atoms with van der Waals surface area (Å²) in [6, 6.07) is 38.9. The summed E-state index contributed by atoms with van der Waals surface area (Å²) in [5, 5.41) is 17.5. The van der Waals surface area contributed by atoms with E-state index in [1.165, 1.54) is 36.0 Å². The Hall–Kier alpha value is -4.97. The molecule has 7 rings (SSSR count). The summed E-state index contributed by atoms with van der Waals surface area (Å²) >= 11 is 6.35. The maximum absolute atomic E-state index is 14.4. The molecule has 3 atom stereocenters. The van der Waals surface area contributed by atoms with Gasteiger partial charge < -0.3 is 25.4 Å². The molecule has 0 radical (unpaired) electrons. The lowest BCUT2D eigenvalue weighted by molar-refractivity contribution is -0.115. The Morgan fingerprint density at radius 2 is 1.68 bits per heavy atom. The van der Waals surface area contributed by atoms with Gasteiger partial charge in [0, 0.05) is 31.2 Å². The van der Waals surface area contributed by atoms with Gasteiger partial charge >= 0.3 is 0 Å². The Bertz CT molecular complexity index is 2130. The van der Waals surface area contributed by atoms with Crippen molar-refractivity contribution in [2.45, 2.75) is 37.8 Å². The molecule has 0 aromatic heterocycles. The second-order valence-corrected chi connectivity index (χ2v) is 14.8. The van der Waals surface area contributed by atoms with E-state index < -0.39 is 11.9 Å². The molecule has 7 nitrogen and oxygen atoms in total. The van der Waals surface area contributed by atoms with Crippen molar-refractivity contribution in [2.24, 2.45) is 0 Å². The van der Waals surface area contributed by atoms with Gasteiger partial charge in [-0.3, -0.25) is 9.59 Å². The first-order valence-corrected chi connectivity index (χ1v) is 18.7. The predicted octanol–water partition coefficient (Wildman–Crippen LogP) is 7.65. The molecule has 0 saturated carbocycles. The minimum Gasteiger partial charge on any atom is -0.384 e. The van der Waals surface area contributed by atoms with E-state index in [0.29, 0.717) is 58.6 Å². The zero-order valence-corrected chi connectivity index (χ0v) is 30.4. The number of hydrogen-bond acceptors (Lipinski definition) is 7. The summed E-state index contributed by atoms with van der Waals surface area (Å²) in [6.45, 7) is 1.88. The monoisotopic (exact) mass is 743 g/mol. The molecule has 2 heterocycles. The third-order valence-corrected chi connectivity index (χ3v) is 10.7. The first-order valence-electron chi connectivity index (χ1n) is 17.5. The minimum atomic E-state index is -1.10. The molecule has 3 N–H and O–H groups in total. The molecule has 0 bridgehead atoms. The highest BCUT2D eigenvalue weighted by molar-refractivity contribution is 8.26. The zero-order valence-electron chi connectivity index (χ0n) is 28.8. The minimum absolute atomic E-state index is 0.182. The van der Waals surface area contributed by atoms with E-state index in [1.54, 1.807) is 24.3 Å².